The lowest BCUT2D eigenvalue weighted by atomic mass is 10.3. The first kappa shape index (κ1) is 12.1. The Hall–Kier alpha value is -2.34. The van der Waals surface area contributed by atoms with E-state index in [0.717, 1.165) is 0 Å². The van der Waals surface area contributed by atoms with Gasteiger partial charge in [-0.3, -0.25) is 10.1 Å². The van der Waals surface area contributed by atoms with Crippen molar-refractivity contribution in [1.82, 2.24) is 4.98 Å². The standard InChI is InChI=1S/C11H8ClN3O3/c12-8-4-3-7(15(16)17)6-10(8)18-11-9(13)2-1-5-14-11/h1-6H,13H2. The van der Waals surface area contributed by atoms with Gasteiger partial charge in [-0.15, -0.1) is 0 Å². The highest BCUT2D eigenvalue weighted by atomic mass is 35.5. The van der Waals surface area contributed by atoms with E-state index in [9.17, 15) is 10.1 Å². The molecule has 0 aliphatic rings. The fourth-order valence-corrected chi connectivity index (χ4v) is 1.43. The van der Waals surface area contributed by atoms with Gasteiger partial charge in [0.1, 0.15) is 0 Å². The highest BCUT2D eigenvalue weighted by Crippen LogP contribution is 2.33. The van der Waals surface area contributed by atoms with E-state index in [0.29, 0.717) is 5.69 Å². The number of benzene rings is 1. The van der Waals surface area contributed by atoms with E-state index < -0.39 is 4.92 Å². The highest BCUT2D eigenvalue weighted by Gasteiger charge is 2.12. The van der Waals surface area contributed by atoms with Crippen LogP contribution in [0.15, 0.2) is 36.5 Å². The molecule has 0 unspecified atom stereocenters. The molecule has 0 radical (unpaired) electrons. The minimum absolute atomic E-state index is 0.121. The van der Waals surface area contributed by atoms with Crippen LogP contribution in [-0.2, 0) is 0 Å². The number of hydrogen-bond acceptors (Lipinski definition) is 5. The van der Waals surface area contributed by atoms with Crippen LogP contribution in [0, 0.1) is 10.1 Å². The van der Waals surface area contributed by atoms with Crippen molar-refractivity contribution >= 4 is 23.0 Å². The Morgan fingerprint density at radius 3 is 2.83 bits per heavy atom. The number of nitro groups is 1. The van der Waals surface area contributed by atoms with Crippen molar-refractivity contribution in [2.24, 2.45) is 0 Å². The van der Waals surface area contributed by atoms with Gasteiger partial charge in [0.2, 0.25) is 5.88 Å². The summed E-state index contributed by atoms with van der Waals surface area (Å²) in [7, 11) is 0. The summed E-state index contributed by atoms with van der Waals surface area (Å²) in [5, 5.41) is 10.9. The van der Waals surface area contributed by atoms with E-state index in [1.54, 1.807) is 12.1 Å². The van der Waals surface area contributed by atoms with E-state index in [2.05, 4.69) is 4.98 Å². The van der Waals surface area contributed by atoms with Crippen molar-refractivity contribution in [2.75, 3.05) is 5.73 Å². The number of rotatable bonds is 3. The van der Waals surface area contributed by atoms with Crippen LogP contribution >= 0.6 is 11.6 Å². The van der Waals surface area contributed by atoms with Crippen LogP contribution in [0.3, 0.4) is 0 Å². The molecule has 2 N–H and O–H groups in total. The van der Waals surface area contributed by atoms with Crippen molar-refractivity contribution in [3.05, 3.63) is 51.7 Å². The lowest BCUT2D eigenvalue weighted by Gasteiger charge is -2.07. The fraction of sp³-hybridized carbons (Fsp3) is 0. The second kappa shape index (κ2) is 4.89. The quantitative estimate of drug-likeness (QED) is 0.680. The Labute approximate surface area is 107 Å². The molecule has 92 valence electrons. The molecular formula is C11H8ClN3O3. The van der Waals surface area contributed by atoms with E-state index in [1.165, 1.54) is 24.4 Å². The maximum Gasteiger partial charge on any atom is 0.273 e. The Balaban J connectivity index is 2.37. The number of nitrogens with zero attached hydrogens (tertiary/aromatic N) is 2. The smallest absolute Gasteiger partial charge is 0.273 e. The second-order valence-corrected chi connectivity index (χ2v) is 3.78. The zero-order valence-electron chi connectivity index (χ0n) is 9.04. The molecule has 0 amide bonds. The minimum atomic E-state index is -0.537. The Bertz CT molecular complexity index is 604. The zero-order chi connectivity index (χ0) is 13.1. The van der Waals surface area contributed by atoms with Gasteiger partial charge in [0.15, 0.2) is 5.75 Å². The Morgan fingerprint density at radius 1 is 1.39 bits per heavy atom. The molecule has 0 aliphatic carbocycles. The third-order valence-corrected chi connectivity index (χ3v) is 2.45. The monoisotopic (exact) mass is 265 g/mol. The van der Waals surface area contributed by atoms with E-state index in [-0.39, 0.29) is 22.3 Å². The van der Waals surface area contributed by atoms with Crippen molar-refractivity contribution < 1.29 is 9.66 Å². The van der Waals surface area contributed by atoms with Crippen LogP contribution in [0.1, 0.15) is 0 Å². The number of nitrogens with two attached hydrogens (primary N) is 1. The molecule has 7 heteroatoms. The van der Waals surface area contributed by atoms with Gasteiger partial charge >= 0.3 is 0 Å². The normalized spacial score (nSPS) is 10.1. The molecule has 0 saturated heterocycles. The summed E-state index contributed by atoms with van der Waals surface area (Å²) in [4.78, 5) is 14.0. The van der Waals surface area contributed by atoms with Crippen LogP contribution in [-0.4, -0.2) is 9.91 Å². The maximum absolute atomic E-state index is 10.7. The minimum Gasteiger partial charge on any atom is -0.435 e. The Kier molecular flexibility index (Phi) is 3.29. The first-order valence-corrected chi connectivity index (χ1v) is 5.28. The molecule has 0 saturated carbocycles. The molecule has 0 aliphatic heterocycles. The number of aromatic nitrogens is 1. The van der Waals surface area contributed by atoms with Gasteiger partial charge < -0.3 is 10.5 Å². The summed E-state index contributed by atoms with van der Waals surface area (Å²) >= 11 is 5.89. The summed E-state index contributed by atoms with van der Waals surface area (Å²) in [5.41, 5.74) is 5.85. The maximum atomic E-state index is 10.7. The average Bonchev–Trinajstić information content (AvgIpc) is 2.34. The largest absolute Gasteiger partial charge is 0.435 e. The molecule has 1 heterocycles. The predicted molar refractivity (Wildman–Crippen MR) is 66.8 cm³/mol. The number of pyridine rings is 1. The second-order valence-electron chi connectivity index (χ2n) is 3.37. The Morgan fingerprint density at radius 2 is 2.17 bits per heavy atom. The molecule has 6 nitrogen and oxygen atoms in total. The van der Waals surface area contributed by atoms with Gasteiger partial charge in [-0.05, 0) is 18.2 Å². The first-order chi connectivity index (χ1) is 8.58. The molecule has 0 spiro atoms. The van der Waals surface area contributed by atoms with Crippen LogP contribution in [0.2, 0.25) is 5.02 Å². The van der Waals surface area contributed by atoms with Crippen LogP contribution < -0.4 is 10.5 Å². The third kappa shape index (κ3) is 2.49. The van der Waals surface area contributed by atoms with Crippen LogP contribution in [0.25, 0.3) is 0 Å². The van der Waals surface area contributed by atoms with Crippen molar-refractivity contribution in [1.29, 1.82) is 0 Å². The van der Waals surface area contributed by atoms with Crippen molar-refractivity contribution in [3.63, 3.8) is 0 Å². The number of ether oxygens (including phenoxy) is 1. The van der Waals surface area contributed by atoms with Gasteiger partial charge in [-0.2, -0.15) is 0 Å². The van der Waals surface area contributed by atoms with E-state index in [4.69, 9.17) is 22.1 Å². The van der Waals surface area contributed by atoms with Crippen LogP contribution in [0.4, 0.5) is 11.4 Å². The topological polar surface area (TPSA) is 91.3 Å². The van der Waals surface area contributed by atoms with Crippen molar-refractivity contribution in [2.45, 2.75) is 0 Å². The SMILES string of the molecule is Nc1cccnc1Oc1cc([N+](=O)[O-])ccc1Cl. The molecule has 0 fully saturated rings. The summed E-state index contributed by atoms with van der Waals surface area (Å²) < 4.78 is 5.36. The summed E-state index contributed by atoms with van der Waals surface area (Å²) in [6, 6.07) is 7.15. The summed E-state index contributed by atoms with van der Waals surface area (Å²) in [6.45, 7) is 0. The van der Waals surface area contributed by atoms with Crippen molar-refractivity contribution in [3.8, 4) is 11.6 Å². The average molecular weight is 266 g/mol. The molecule has 2 rings (SSSR count). The fourth-order valence-electron chi connectivity index (χ4n) is 1.28. The molecule has 1 aromatic carbocycles. The zero-order valence-corrected chi connectivity index (χ0v) is 9.79. The predicted octanol–water partition coefficient (Wildman–Crippen LogP) is 3.02. The van der Waals surface area contributed by atoms with E-state index >= 15 is 0 Å². The lowest BCUT2D eigenvalue weighted by molar-refractivity contribution is -0.384. The number of anilines is 1. The first-order valence-electron chi connectivity index (χ1n) is 4.90. The van der Waals surface area contributed by atoms with Crippen LogP contribution in [0.5, 0.6) is 11.6 Å². The highest BCUT2D eigenvalue weighted by molar-refractivity contribution is 6.32. The number of halogens is 1. The van der Waals surface area contributed by atoms with Gasteiger partial charge in [0, 0.05) is 12.3 Å². The molecule has 0 bridgehead atoms. The number of nitrogen functional groups attached to an aromatic ring is 1. The molecule has 2 aromatic rings. The summed E-state index contributed by atoms with van der Waals surface area (Å²) in [5.74, 6) is 0.288. The van der Waals surface area contributed by atoms with Gasteiger partial charge in [-0.1, -0.05) is 11.6 Å². The van der Waals surface area contributed by atoms with Gasteiger partial charge in [-0.25, -0.2) is 4.98 Å². The molecule has 18 heavy (non-hydrogen) atoms. The molecule has 1 aromatic heterocycles. The molecule has 0 atom stereocenters. The van der Waals surface area contributed by atoms with Gasteiger partial charge in [0.05, 0.1) is 21.7 Å². The number of non-ortho nitro benzene ring substituents is 1. The summed E-state index contributed by atoms with van der Waals surface area (Å²) in [6.07, 6.45) is 1.50. The third-order valence-electron chi connectivity index (χ3n) is 2.13. The van der Waals surface area contributed by atoms with Gasteiger partial charge in [0.25, 0.3) is 5.69 Å². The molecular weight excluding hydrogens is 258 g/mol. The number of nitro benzene ring substituents is 1. The van der Waals surface area contributed by atoms with E-state index in [1.807, 2.05) is 0 Å². The lowest BCUT2D eigenvalue weighted by Crippen LogP contribution is -1.95. The number of hydrogen-bond donors (Lipinski definition) is 1.